The van der Waals surface area contributed by atoms with Gasteiger partial charge in [-0.25, -0.2) is 9.98 Å². The molecule has 1 aliphatic heterocycles. The number of aryl methyl sites for hydroxylation is 1. The number of nitrogens with zero attached hydrogens (tertiary/aromatic N) is 2. The van der Waals surface area contributed by atoms with Crippen molar-refractivity contribution in [3.05, 3.63) is 41.8 Å². The first kappa shape index (κ1) is 22.1. The molecule has 0 spiro atoms. The average molecular weight is 510 g/mol. The third kappa shape index (κ3) is 4.45. The van der Waals surface area contributed by atoms with Crippen molar-refractivity contribution in [3.8, 4) is 11.5 Å². The Bertz CT molecular complexity index is 847. The van der Waals surface area contributed by atoms with Crippen molar-refractivity contribution in [2.45, 2.75) is 52.8 Å². The van der Waals surface area contributed by atoms with Crippen LogP contribution in [0.3, 0.4) is 0 Å². The van der Waals surface area contributed by atoms with Crippen LogP contribution in [0.2, 0.25) is 0 Å². The number of hydrogen-bond donors (Lipinski definition) is 2. The Hall–Kier alpha value is -1.61. The topological polar surface area (TPSA) is 71.7 Å². The summed E-state index contributed by atoms with van der Waals surface area (Å²) >= 11 is 0. The molecule has 4 rings (SSSR count). The normalized spacial score (nSPS) is 25.0. The predicted molar refractivity (Wildman–Crippen MR) is 125 cm³/mol. The molecule has 0 radical (unpaired) electrons. The van der Waals surface area contributed by atoms with Gasteiger partial charge in [-0.3, -0.25) is 0 Å². The molecule has 2 N–H and O–H groups in total. The maximum absolute atomic E-state index is 5.90. The lowest BCUT2D eigenvalue weighted by Crippen LogP contribution is -2.67. The first-order chi connectivity index (χ1) is 13.5. The molecule has 1 saturated heterocycles. The average Bonchev–Trinajstić information content (AvgIpc) is 3.33. The molecular formula is C22H31IN4O2. The predicted octanol–water partition coefficient (Wildman–Crippen LogP) is 4.14. The molecule has 0 bridgehead atoms. The van der Waals surface area contributed by atoms with Gasteiger partial charge in [0.15, 0.2) is 5.96 Å². The van der Waals surface area contributed by atoms with Crippen LogP contribution in [0.15, 0.2) is 39.9 Å². The highest BCUT2D eigenvalue weighted by atomic mass is 127. The van der Waals surface area contributed by atoms with Gasteiger partial charge in [0.25, 0.3) is 0 Å². The zero-order valence-electron chi connectivity index (χ0n) is 17.6. The van der Waals surface area contributed by atoms with E-state index in [1.165, 1.54) is 5.56 Å². The minimum Gasteiger partial charge on any atom is -0.444 e. The number of guanidine groups is 1. The Kier molecular flexibility index (Phi) is 6.88. The first-order valence-electron chi connectivity index (χ1n) is 10.2. The van der Waals surface area contributed by atoms with E-state index in [2.05, 4.69) is 55.4 Å². The highest BCUT2D eigenvalue weighted by Gasteiger charge is 2.59. The van der Waals surface area contributed by atoms with E-state index in [0.29, 0.717) is 30.5 Å². The minimum absolute atomic E-state index is 0. The fraction of sp³-hybridized carbons (Fsp3) is 0.545. The molecule has 7 heteroatoms. The van der Waals surface area contributed by atoms with Crippen LogP contribution in [-0.2, 0) is 11.3 Å². The maximum Gasteiger partial charge on any atom is 0.226 e. The van der Waals surface area contributed by atoms with Crippen molar-refractivity contribution in [1.29, 1.82) is 0 Å². The summed E-state index contributed by atoms with van der Waals surface area (Å²) < 4.78 is 11.5. The molecule has 1 saturated carbocycles. The minimum atomic E-state index is 0. The Morgan fingerprint density at radius 2 is 2.03 bits per heavy atom. The fourth-order valence-electron chi connectivity index (χ4n) is 4.45. The van der Waals surface area contributed by atoms with E-state index in [1.54, 1.807) is 6.26 Å². The zero-order valence-corrected chi connectivity index (χ0v) is 19.9. The Morgan fingerprint density at radius 3 is 2.76 bits per heavy atom. The van der Waals surface area contributed by atoms with E-state index in [4.69, 9.17) is 14.1 Å². The summed E-state index contributed by atoms with van der Waals surface area (Å²) in [5.74, 6) is 2.03. The summed E-state index contributed by atoms with van der Waals surface area (Å²) in [6, 6.07) is 8.55. The number of rotatable bonds is 5. The molecule has 1 aliphatic carbocycles. The second-order valence-electron chi connectivity index (χ2n) is 8.39. The molecule has 0 amide bonds. The second kappa shape index (κ2) is 9.04. The van der Waals surface area contributed by atoms with Crippen LogP contribution in [-0.4, -0.2) is 36.2 Å². The van der Waals surface area contributed by atoms with Crippen LogP contribution in [0.4, 0.5) is 0 Å². The van der Waals surface area contributed by atoms with Gasteiger partial charge in [0.2, 0.25) is 5.89 Å². The molecule has 29 heavy (non-hydrogen) atoms. The second-order valence-corrected chi connectivity index (χ2v) is 8.39. The summed E-state index contributed by atoms with van der Waals surface area (Å²) in [7, 11) is 0. The van der Waals surface area contributed by atoms with Crippen molar-refractivity contribution in [2.24, 2.45) is 16.3 Å². The highest BCUT2D eigenvalue weighted by molar-refractivity contribution is 14.0. The van der Waals surface area contributed by atoms with Gasteiger partial charge in [-0.15, -0.1) is 24.0 Å². The number of ether oxygens (including phenoxy) is 1. The first-order valence-corrected chi connectivity index (χ1v) is 10.2. The van der Waals surface area contributed by atoms with Gasteiger partial charge in [-0.1, -0.05) is 31.5 Å². The Balaban J connectivity index is 0.00000240. The summed E-state index contributed by atoms with van der Waals surface area (Å²) in [4.78, 5) is 9.33. The molecule has 3 unspecified atom stereocenters. The van der Waals surface area contributed by atoms with Crippen LogP contribution in [0, 0.1) is 18.3 Å². The SMILES string of the molecule is CCNC(=NCc1coc(-c2ccc(C)cc2)n1)NC1C2CCOC2C1(C)C.I. The van der Waals surface area contributed by atoms with Crippen molar-refractivity contribution in [3.63, 3.8) is 0 Å². The number of aliphatic imine (C=N–C) groups is 1. The van der Waals surface area contributed by atoms with Gasteiger partial charge in [-0.2, -0.15) is 0 Å². The van der Waals surface area contributed by atoms with Crippen LogP contribution in [0.5, 0.6) is 0 Å². The number of aromatic nitrogens is 1. The highest BCUT2D eigenvalue weighted by Crippen LogP contribution is 2.52. The fourth-order valence-corrected chi connectivity index (χ4v) is 4.45. The van der Waals surface area contributed by atoms with Crippen molar-refractivity contribution < 1.29 is 9.15 Å². The van der Waals surface area contributed by atoms with E-state index >= 15 is 0 Å². The van der Waals surface area contributed by atoms with Crippen molar-refractivity contribution in [2.75, 3.05) is 13.2 Å². The number of fused-ring (bicyclic) bond motifs is 1. The Labute approximate surface area is 189 Å². The largest absolute Gasteiger partial charge is 0.444 e. The molecule has 1 aromatic heterocycles. The molecular weight excluding hydrogens is 479 g/mol. The summed E-state index contributed by atoms with van der Waals surface area (Å²) in [6.45, 7) is 10.8. The van der Waals surface area contributed by atoms with Crippen molar-refractivity contribution >= 4 is 29.9 Å². The van der Waals surface area contributed by atoms with E-state index < -0.39 is 0 Å². The smallest absolute Gasteiger partial charge is 0.226 e. The molecule has 2 fully saturated rings. The van der Waals surface area contributed by atoms with E-state index in [-0.39, 0.29) is 29.4 Å². The number of halogens is 1. The molecule has 2 heterocycles. The number of hydrogen-bond acceptors (Lipinski definition) is 4. The van der Waals surface area contributed by atoms with Crippen LogP contribution >= 0.6 is 24.0 Å². The number of oxazole rings is 1. The number of nitrogens with one attached hydrogen (secondary N) is 2. The molecule has 6 nitrogen and oxygen atoms in total. The van der Waals surface area contributed by atoms with Crippen LogP contribution < -0.4 is 10.6 Å². The van der Waals surface area contributed by atoms with Crippen LogP contribution in [0.1, 0.15) is 38.4 Å². The summed E-state index contributed by atoms with van der Waals surface area (Å²) in [5, 5.41) is 6.99. The lowest BCUT2D eigenvalue weighted by molar-refractivity contribution is -0.106. The van der Waals surface area contributed by atoms with Gasteiger partial charge in [-0.05, 0) is 32.4 Å². The van der Waals surface area contributed by atoms with Gasteiger partial charge < -0.3 is 19.8 Å². The lowest BCUT2D eigenvalue weighted by Gasteiger charge is -2.54. The molecule has 158 valence electrons. The van der Waals surface area contributed by atoms with E-state index in [1.807, 2.05) is 12.1 Å². The van der Waals surface area contributed by atoms with E-state index in [0.717, 1.165) is 36.8 Å². The molecule has 2 aliphatic rings. The van der Waals surface area contributed by atoms with Gasteiger partial charge in [0, 0.05) is 36.1 Å². The summed E-state index contributed by atoms with van der Waals surface area (Å²) in [6.07, 6.45) is 3.17. The standard InChI is InChI=1S/C22H30N4O2.HI/c1-5-23-21(26-18-17-10-11-27-19(17)22(18,3)4)24-12-16-13-28-20(25-16)15-8-6-14(2)7-9-15;/h6-9,13,17-19H,5,10-12H2,1-4H3,(H2,23,24,26);1H. The van der Waals surface area contributed by atoms with Gasteiger partial charge >= 0.3 is 0 Å². The van der Waals surface area contributed by atoms with Gasteiger partial charge in [0.1, 0.15) is 12.0 Å². The lowest BCUT2D eigenvalue weighted by atomic mass is 9.57. The molecule has 3 atom stereocenters. The third-order valence-electron chi connectivity index (χ3n) is 5.99. The monoisotopic (exact) mass is 510 g/mol. The maximum atomic E-state index is 5.90. The van der Waals surface area contributed by atoms with Crippen LogP contribution in [0.25, 0.3) is 11.5 Å². The third-order valence-corrected chi connectivity index (χ3v) is 5.99. The quantitative estimate of drug-likeness (QED) is 0.360. The van der Waals surface area contributed by atoms with Gasteiger partial charge in [0.05, 0.1) is 12.6 Å². The Morgan fingerprint density at radius 1 is 1.28 bits per heavy atom. The summed E-state index contributed by atoms with van der Waals surface area (Å²) in [5.41, 5.74) is 3.14. The molecule has 2 aromatic rings. The number of benzene rings is 1. The van der Waals surface area contributed by atoms with E-state index in [9.17, 15) is 0 Å². The van der Waals surface area contributed by atoms with Crippen molar-refractivity contribution in [1.82, 2.24) is 15.6 Å². The zero-order chi connectivity index (χ0) is 19.7. The molecule has 1 aromatic carbocycles.